The maximum Gasteiger partial charge on any atom is 0.191 e. The number of aromatic nitrogens is 15. The highest BCUT2D eigenvalue weighted by Gasteiger charge is 2.49. The summed E-state index contributed by atoms with van der Waals surface area (Å²) in [7, 11) is 0. The molecule has 0 spiro atoms. The Labute approximate surface area is 702 Å². The summed E-state index contributed by atoms with van der Waals surface area (Å²) in [5.41, 5.74) is -14.6. The van der Waals surface area contributed by atoms with E-state index >= 15 is 0 Å². The van der Waals surface area contributed by atoms with E-state index in [1.165, 1.54) is 27.7 Å². The van der Waals surface area contributed by atoms with Gasteiger partial charge in [-0.1, -0.05) is 108 Å². The first-order chi connectivity index (χ1) is 70.4. The molecule has 6 heterocycles. The number of benzene rings is 3. The van der Waals surface area contributed by atoms with Crippen LogP contribution in [-0.4, -0.2) is 250 Å². The molecule has 6 aliphatic carbocycles. The summed E-state index contributed by atoms with van der Waals surface area (Å²) in [5, 5.41) is 123. The number of thioether (sulfide) groups is 3. The zero-order chi connectivity index (χ0) is 120. The Hall–Kier alpha value is -7.14. The van der Waals surface area contributed by atoms with E-state index in [4.69, 9.17) is 76.6 Å². The molecule has 582 valence electrons. The molecule has 3 aromatic carbocycles. The van der Waals surface area contributed by atoms with Crippen LogP contribution in [0.25, 0.3) is 33.5 Å². The van der Waals surface area contributed by atoms with Crippen molar-refractivity contribution in [1.82, 2.24) is 74.9 Å². The zero-order valence-corrected chi connectivity index (χ0v) is 58.6. The molecule has 6 aromatic heterocycles. The molecule has 0 radical (unpaired) electrons. The Kier molecular flexibility index (Phi) is 12.5. The van der Waals surface area contributed by atoms with Crippen LogP contribution in [0.1, 0.15) is 215 Å². The van der Waals surface area contributed by atoms with Crippen LogP contribution in [0.5, 0.6) is 0 Å². The van der Waals surface area contributed by atoms with Crippen LogP contribution in [0.15, 0.2) is 69.9 Å². The minimum atomic E-state index is -4.41. The van der Waals surface area contributed by atoms with E-state index in [1.54, 1.807) is 0 Å². The molecule has 6 aliphatic rings. The molecule has 18 atom stereocenters. The summed E-state index contributed by atoms with van der Waals surface area (Å²) in [4.78, 5) is 24.4. The highest BCUT2D eigenvalue weighted by molar-refractivity contribution is 7.99. The lowest BCUT2D eigenvalue weighted by Crippen LogP contribution is -2.33. The lowest BCUT2D eigenvalue weighted by Gasteiger charge is -2.17. The molecule has 6 saturated carbocycles. The first kappa shape index (κ1) is 38.4. The second-order valence-corrected chi connectivity index (χ2v) is 24.8. The summed E-state index contributed by atoms with van der Waals surface area (Å²) in [5.74, 6) is -9.60. The number of aliphatic hydroxyl groups is 9. The summed E-state index contributed by atoms with van der Waals surface area (Å²) in [6.45, 7) is -8.12. The maximum atomic E-state index is 14.9. The van der Waals surface area contributed by atoms with E-state index < -0.39 is 371 Å². The number of ether oxygens (including phenoxy) is 3. The number of fused-ring (bicyclic) bond motifs is 3. The van der Waals surface area contributed by atoms with E-state index in [0.29, 0.717) is 11.8 Å². The van der Waals surface area contributed by atoms with Gasteiger partial charge in [-0.15, -0.1) is 15.3 Å². The summed E-state index contributed by atoms with van der Waals surface area (Å²) in [6.07, 6.45) is -61.6. The van der Waals surface area contributed by atoms with Crippen molar-refractivity contribution in [3.05, 3.63) is 105 Å². The number of hydrogen-bond donors (Lipinski definition) is 12. The first-order valence-electron chi connectivity index (χ1n) is 55.8. The van der Waals surface area contributed by atoms with Crippen molar-refractivity contribution in [2.75, 3.05) is 72.6 Å². The van der Waals surface area contributed by atoms with E-state index in [2.05, 4.69) is 81.5 Å². The van der Waals surface area contributed by atoms with Gasteiger partial charge in [0.2, 0.25) is 0 Å². The Balaban J connectivity index is 0.000000195. The predicted molar refractivity (Wildman–Crippen MR) is 398 cm³/mol. The van der Waals surface area contributed by atoms with Crippen molar-refractivity contribution in [3.8, 4) is 0 Å². The van der Waals surface area contributed by atoms with E-state index in [1.807, 2.05) is 0 Å². The van der Waals surface area contributed by atoms with Gasteiger partial charge in [0.25, 0.3) is 0 Å². The topological polar surface area (TPSA) is 415 Å². The van der Waals surface area contributed by atoms with Crippen LogP contribution in [0.4, 0.5) is 30.6 Å². The Bertz CT molecular complexity index is 7140. The SMILES string of the molecule is [2H]c1c([2H])c([C@H]2[C@H](Nc3nc(SC([2H])([2H])C([2H])([2H])C)nc4c3nnn4[C@]3([2H])C([2H])([2H])[C@]([2H])(OCC([2H])([2H])O)[C@@]([2H])(O)[C@@]3([2H])O)C2([2H])[2H])c([2H])c(F)c1C.[2H]c1c([2H])c([C@H]2[C@H](Nc3nc(SC([2H])([2H])C([2H])([2H])C)nc4c3nnn4[C@]3([2H])C([2H])([2H])[C@]([2H])(OCCO)[C@@]([2H])(O)[C@@]3([2H])O)C2([2H])[2H])c([2H])c(F)c1C.[2H]c1c([2H])c([C@H]2[C@H](Nc3nc(SC([2H])([2H])CC)nc4c3nnn4[C@]3([2H])C([2H])([2H])[C@]([2H])(OC([2H])([2H])C([2H])([2H])O)[C@@]([2H])(O)[C@@]3([2H])O)C2([2H])[2H])c([2H])c(F)c1C. The summed E-state index contributed by atoms with van der Waals surface area (Å²) >= 11 is 0.413. The van der Waals surface area contributed by atoms with Crippen molar-refractivity contribution < 1.29 is 141 Å². The zero-order valence-electron chi connectivity index (χ0n) is 105. The molecule has 30 nitrogen and oxygen atoms in total. The number of nitrogens with one attached hydrogen (secondary N) is 3. The number of rotatable bonds is 30. The first-order valence-corrected chi connectivity index (χ1v) is 33.8. The third kappa shape index (κ3) is 17.5. The number of aliphatic hydroxyl groups excluding tert-OH is 1. The number of hydrogen-bond acceptors (Lipinski definition) is 30. The monoisotopic (exact) mass is 1600 g/mol. The molecule has 108 heavy (non-hydrogen) atoms. The average Bonchev–Trinajstić information content (AvgIpc) is 1.48. The van der Waals surface area contributed by atoms with Crippen molar-refractivity contribution in [2.45, 2.75) is 223 Å². The molecule has 0 amide bonds. The second-order valence-electron chi connectivity index (χ2n) is 22.4. The van der Waals surface area contributed by atoms with Crippen LogP contribution in [0.2, 0.25) is 0 Å². The molecule has 0 saturated heterocycles. The van der Waals surface area contributed by atoms with Gasteiger partial charge in [-0.3, -0.25) is 0 Å². The molecule has 36 heteroatoms. The lowest BCUT2D eigenvalue weighted by atomic mass is 10.1. The minimum absolute atomic E-state index is 0.0132. The summed E-state index contributed by atoms with van der Waals surface area (Å²) in [6, 6.07) is -22.4. The standard InChI is InChI=1S/3C24H31FN6O4S/c3*1-3-8-36-24-27-22(26-16-10-14(16)13-5-4-12(2)15(25)9-13)19-23(28-24)31(30-29-19)17-11-18(35-7-6-32)21(34)20(17)33/h3*4-5,9,14,16-18,20-21,32-34H,3,6-8,10-11H2,1-2H3,(H,26,27,28)/t3*14-,16+,17+,18-,20-,21+/m000/s1/i4D,5D,6D2,7D2,8D2,9D,10D2,11D2,17D,18D,20D,21D;3D2,4D,5D,6D2,8D2,9D,10D2,11D2,17D,18D,20D,21D;3D2,4D,5D,8D2,9D,10D2,11D2,17D,18D,20D,21D. The second kappa shape index (κ2) is 35.1. The molecule has 0 bridgehead atoms. The molecule has 0 unspecified atom stereocenters. The van der Waals surface area contributed by atoms with Gasteiger partial charge in [0.15, 0.2) is 66.4 Å². The van der Waals surface area contributed by atoms with E-state index in [-0.39, 0.29) is 60.7 Å². The van der Waals surface area contributed by atoms with Crippen molar-refractivity contribution in [2.24, 2.45) is 0 Å². The van der Waals surface area contributed by atoms with Gasteiger partial charge in [0.1, 0.15) is 53.9 Å². The number of halogens is 3. The van der Waals surface area contributed by atoms with Crippen LogP contribution in [-0.2, 0) is 14.2 Å². The molecular formula is C72H93F3N18O12S3. The molecule has 0 aliphatic heterocycles. The Morgan fingerprint density at radius 2 is 0.824 bits per heavy atom. The van der Waals surface area contributed by atoms with Crippen LogP contribution >= 0.6 is 35.3 Å². The van der Waals surface area contributed by atoms with Crippen LogP contribution in [0, 0.1) is 38.2 Å². The fourth-order valence-electron chi connectivity index (χ4n) is 9.83. The largest absolute Gasteiger partial charge is 0.394 e. The fourth-order valence-corrected chi connectivity index (χ4v) is 11.3. The summed E-state index contributed by atoms with van der Waals surface area (Å²) < 4.78 is 465. The molecule has 6 fully saturated rings. The highest BCUT2D eigenvalue weighted by atomic mass is 32.2. The molecule has 12 N–H and O–H groups in total. The molecule has 15 rings (SSSR count). The van der Waals surface area contributed by atoms with Gasteiger partial charge in [0, 0.05) is 102 Å². The lowest BCUT2D eigenvalue weighted by molar-refractivity contribution is -0.0629. The Morgan fingerprint density at radius 1 is 0.481 bits per heavy atom. The fraction of sp³-hybridized carbons (Fsp3) is 0.583. The predicted octanol–water partition coefficient (Wildman–Crippen LogP) is 6.55. The van der Waals surface area contributed by atoms with Crippen LogP contribution < -0.4 is 16.0 Å². The van der Waals surface area contributed by atoms with Crippen molar-refractivity contribution in [1.29, 1.82) is 0 Å². The van der Waals surface area contributed by atoms with Gasteiger partial charge >= 0.3 is 0 Å². The highest BCUT2D eigenvalue weighted by Crippen LogP contribution is 2.48. The third-order valence-electron chi connectivity index (χ3n) is 15.2. The minimum Gasteiger partial charge on any atom is -0.394 e. The van der Waals surface area contributed by atoms with Gasteiger partial charge < -0.3 is 76.1 Å². The van der Waals surface area contributed by atoms with Gasteiger partial charge in [0.05, 0.1) is 113 Å². The number of anilines is 3. The van der Waals surface area contributed by atoms with Gasteiger partial charge in [-0.05, 0) is 111 Å². The molecule has 9 aromatic rings. The van der Waals surface area contributed by atoms with E-state index in [0.717, 1.165) is 13.8 Å². The van der Waals surface area contributed by atoms with Crippen molar-refractivity contribution in [3.63, 3.8) is 0 Å². The number of nitrogens with zero attached hydrogens (tertiary/aromatic N) is 15. The Morgan fingerprint density at radius 3 is 1.15 bits per heavy atom. The van der Waals surface area contributed by atoms with E-state index in [9.17, 15) is 59.1 Å². The van der Waals surface area contributed by atoms with Crippen molar-refractivity contribution >= 4 is 86.2 Å². The van der Waals surface area contributed by atoms with Gasteiger partial charge in [-0.2, -0.15) is 0 Å². The smallest absolute Gasteiger partial charge is 0.191 e. The van der Waals surface area contributed by atoms with Gasteiger partial charge in [-0.25, -0.2) is 57.1 Å². The quantitative estimate of drug-likeness (QED) is 0.0168. The third-order valence-corrected chi connectivity index (χ3v) is 17.4. The normalized spacial score (nSPS) is 46.3. The maximum absolute atomic E-state index is 14.9. The molecular weight excluding hydrogens is 1460 g/mol. The van der Waals surface area contributed by atoms with Crippen LogP contribution in [0.3, 0.4) is 0 Å². The average molecular weight is 1610 g/mol.